The highest BCUT2D eigenvalue weighted by molar-refractivity contribution is 7.89. The topological polar surface area (TPSA) is 81.1 Å². The number of nitrogens with one attached hydrogen (secondary N) is 1. The van der Waals surface area contributed by atoms with Gasteiger partial charge in [0.15, 0.2) is 0 Å². The number of benzene rings is 2. The van der Waals surface area contributed by atoms with Crippen LogP contribution in [0.15, 0.2) is 65.6 Å². The van der Waals surface area contributed by atoms with Crippen molar-refractivity contribution >= 4 is 15.9 Å². The van der Waals surface area contributed by atoms with Crippen LogP contribution in [0.1, 0.15) is 29.9 Å². The summed E-state index contributed by atoms with van der Waals surface area (Å²) in [5.41, 5.74) is 2.18. The predicted molar refractivity (Wildman–Crippen MR) is 104 cm³/mol. The number of aryl methyl sites for hydroxylation is 1. The smallest absolute Gasteiger partial charge is 0.267 e. The first kappa shape index (κ1) is 19.0. The number of hydrogen-bond donors (Lipinski definition) is 1. The van der Waals surface area contributed by atoms with Gasteiger partial charge in [-0.3, -0.25) is 4.79 Å². The lowest BCUT2D eigenvalue weighted by atomic mass is 10.1. The number of carbonyl (C=O) groups is 1. The second-order valence-corrected chi connectivity index (χ2v) is 8.21. The van der Waals surface area contributed by atoms with Crippen LogP contribution in [0, 0.1) is 6.92 Å². The molecule has 140 valence electrons. The molecular formula is C20H21N3O3S. The molecule has 7 heteroatoms. The van der Waals surface area contributed by atoms with Crippen molar-refractivity contribution in [1.29, 1.82) is 0 Å². The molecule has 0 atom stereocenters. The number of hydrogen-bond acceptors (Lipinski definition) is 4. The minimum atomic E-state index is -3.83. The molecule has 0 saturated carbocycles. The summed E-state index contributed by atoms with van der Waals surface area (Å²) in [5.74, 6) is -0.494. The lowest BCUT2D eigenvalue weighted by Crippen LogP contribution is -2.32. The number of rotatable bonds is 5. The molecule has 1 heterocycles. The van der Waals surface area contributed by atoms with E-state index in [-0.39, 0.29) is 16.5 Å². The van der Waals surface area contributed by atoms with Crippen molar-refractivity contribution in [2.24, 2.45) is 0 Å². The number of nitrogens with zero attached hydrogens (tertiary/aromatic N) is 2. The number of aromatic nitrogens is 2. The van der Waals surface area contributed by atoms with Gasteiger partial charge < -0.3 is 0 Å². The van der Waals surface area contributed by atoms with Gasteiger partial charge in [-0.1, -0.05) is 42.5 Å². The van der Waals surface area contributed by atoms with Crippen LogP contribution < -0.4 is 4.72 Å². The minimum absolute atomic E-state index is 0.0594. The van der Waals surface area contributed by atoms with Crippen molar-refractivity contribution in [3.63, 3.8) is 0 Å². The summed E-state index contributed by atoms with van der Waals surface area (Å²) in [6.45, 7) is 5.25. The minimum Gasteiger partial charge on any atom is -0.267 e. The largest absolute Gasteiger partial charge is 0.280 e. The fourth-order valence-electron chi connectivity index (χ4n) is 2.83. The quantitative estimate of drug-likeness (QED) is 0.733. The van der Waals surface area contributed by atoms with Crippen LogP contribution in [-0.4, -0.2) is 30.1 Å². The molecule has 0 bridgehead atoms. The second kappa shape index (κ2) is 7.46. The Morgan fingerprint density at radius 3 is 2.33 bits per heavy atom. The highest BCUT2D eigenvalue weighted by atomic mass is 32.2. The summed E-state index contributed by atoms with van der Waals surface area (Å²) in [4.78, 5) is 13.2. The van der Waals surface area contributed by atoms with Gasteiger partial charge in [0.05, 0.1) is 21.8 Å². The maximum Gasteiger partial charge on any atom is 0.280 e. The molecule has 0 aliphatic carbocycles. The van der Waals surface area contributed by atoms with E-state index in [1.165, 1.54) is 16.8 Å². The summed E-state index contributed by atoms with van der Waals surface area (Å²) in [6, 6.07) is 17.1. The third-order valence-corrected chi connectivity index (χ3v) is 5.61. The third-order valence-electron chi connectivity index (χ3n) is 3.89. The molecule has 6 nitrogen and oxygen atoms in total. The molecule has 0 saturated heterocycles. The third kappa shape index (κ3) is 3.99. The van der Waals surface area contributed by atoms with Crippen molar-refractivity contribution in [3.8, 4) is 11.3 Å². The Labute approximate surface area is 158 Å². The summed E-state index contributed by atoms with van der Waals surface area (Å²) in [7, 11) is -3.83. The van der Waals surface area contributed by atoms with Crippen molar-refractivity contribution < 1.29 is 13.2 Å². The van der Waals surface area contributed by atoms with Crippen LogP contribution in [0.5, 0.6) is 0 Å². The zero-order valence-electron chi connectivity index (χ0n) is 15.4. The van der Waals surface area contributed by atoms with Gasteiger partial charge in [-0.25, -0.2) is 13.1 Å². The molecule has 0 aliphatic rings. The molecule has 3 aromatic rings. The van der Waals surface area contributed by atoms with Crippen molar-refractivity contribution in [2.45, 2.75) is 31.7 Å². The highest BCUT2D eigenvalue weighted by Gasteiger charge is 2.25. The molecule has 0 fully saturated rings. The maximum absolute atomic E-state index is 13.2. The summed E-state index contributed by atoms with van der Waals surface area (Å²) in [6.07, 6.45) is 0. The molecule has 0 spiro atoms. The molecule has 1 aromatic heterocycles. The van der Waals surface area contributed by atoms with Crippen LogP contribution in [0.2, 0.25) is 0 Å². The molecule has 0 aliphatic heterocycles. The Hall–Kier alpha value is -2.77. The number of sulfonamides is 1. The van der Waals surface area contributed by atoms with Crippen LogP contribution >= 0.6 is 0 Å². The Bertz CT molecular complexity index is 1070. The second-order valence-electron chi connectivity index (χ2n) is 6.53. The van der Waals surface area contributed by atoms with Crippen LogP contribution in [0.25, 0.3) is 11.3 Å². The monoisotopic (exact) mass is 383 g/mol. The fraction of sp³-hybridized carbons (Fsp3) is 0.200. The molecular weight excluding hydrogens is 362 g/mol. The van der Waals surface area contributed by atoms with E-state index in [4.69, 9.17) is 0 Å². The van der Waals surface area contributed by atoms with E-state index in [2.05, 4.69) is 9.82 Å². The molecule has 1 N–H and O–H groups in total. The first-order valence-electron chi connectivity index (χ1n) is 8.58. The Kier molecular flexibility index (Phi) is 5.25. The summed E-state index contributed by atoms with van der Waals surface area (Å²) in [5, 5.41) is 4.30. The zero-order chi connectivity index (χ0) is 19.6. The first-order chi connectivity index (χ1) is 12.8. The molecule has 0 unspecified atom stereocenters. The maximum atomic E-state index is 13.2. The van der Waals surface area contributed by atoms with Crippen molar-refractivity contribution in [3.05, 3.63) is 71.9 Å². The molecule has 2 aromatic carbocycles. The van der Waals surface area contributed by atoms with Crippen molar-refractivity contribution in [1.82, 2.24) is 14.5 Å². The van der Waals surface area contributed by atoms with Crippen LogP contribution in [0.3, 0.4) is 0 Å². The van der Waals surface area contributed by atoms with Gasteiger partial charge in [0.2, 0.25) is 10.0 Å². The van der Waals surface area contributed by atoms with Gasteiger partial charge >= 0.3 is 0 Å². The van der Waals surface area contributed by atoms with Gasteiger partial charge in [-0.15, -0.1) is 0 Å². The van der Waals surface area contributed by atoms with E-state index in [0.717, 1.165) is 5.56 Å². The molecule has 27 heavy (non-hydrogen) atoms. The Morgan fingerprint density at radius 2 is 1.67 bits per heavy atom. The molecule has 0 radical (unpaired) electrons. The average Bonchev–Trinajstić information content (AvgIpc) is 3.02. The van der Waals surface area contributed by atoms with E-state index in [1.54, 1.807) is 39.0 Å². The SMILES string of the molecule is Cc1cc(-c2ccccc2)n(C(=O)c2ccccc2S(=O)(=O)NC(C)C)n1. The standard InChI is InChI=1S/C20H21N3O3S/c1-14(2)22-27(25,26)19-12-8-7-11-17(19)20(24)23-18(13-15(3)21-23)16-9-5-4-6-10-16/h4-14,22H,1-3H3. The molecule has 3 rings (SSSR count). The average molecular weight is 383 g/mol. The lowest BCUT2D eigenvalue weighted by Gasteiger charge is -2.13. The molecule has 0 amide bonds. The van der Waals surface area contributed by atoms with Gasteiger partial charge in [0.1, 0.15) is 0 Å². The van der Waals surface area contributed by atoms with Gasteiger partial charge in [0.25, 0.3) is 5.91 Å². The first-order valence-corrected chi connectivity index (χ1v) is 10.1. The van der Waals surface area contributed by atoms with E-state index in [1.807, 2.05) is 30.3 Å². The van der Waals surface area contributed by atoms with E-state index in [0.29, 0.717) is 11.4 Å². The van der Waals surface area contributed by atoms with Gasteiger partial charge in [0, 0.05) is 11.6 Å². The van der Waals surface area contributed by atoms with Crippen molar-refractivity contribution in [2.75, 3.05) is 0 Å². The summed E-state index contributed by atoms with van der Waals surface area (Å²) < 4.78 is 29.1. The predicted octanol–water partition coefficient (Wildman–Crippen LogP) is 3.23. The highest BCUT2D eigenvalue weighted by Crippen LogP contribution is 2.23. The van der Waals surface area contributed by atoms with Gasteiger partial charge in [-0.05, 0) is 39.0 Å². The van der Waals surface area contributed by atoms with Gasteiger partial charge in [-0.2, -0.15) is 9.78 Å². The fourth-order valence-corrected chi connectivity index (χ4v) is 4.28. The van der Waals surface area contributed by atoms with E-state index < -0.39 is 15.9 Å². The summed E-state index contributed by atoms with van der Waals surface area (Å²) >= 11 is 0. The number of carbonyl (C=O) groups excluding carboxylic acids is 1. The normalized spacial score (nSPS) is 11.7. The lowest BCUT2D eigenvalue weighted by molar-refractivity contribution is 0.0943. The van der Waals surface area contributed by atoms with E-state index >= 15 is 0 Å². The Morgan fingerprint density at radius 1 is 1.04 bits per heavy atom. The van der Waals surface area contributed by atoms with Crippen LogP contribution in [-0.2, 0) is 10.0 Å². The Balaban J connectivity index is 2.12. The van der Waals surface area contributed by atoms with E-state index in [9.17, 15) is 13.2 Å². The van der Waals surface area contributed by atoms with Crippen LogP contribution in [0.4, 0.5) is 0 Å². The zero-order valence-corrected chi connectivity index (χ0v) is 16.2.